The third-order valence-corrected chi connectivity index (χ3v) is 3.91. The van der Waals surface area contributed by atoms with E-state index in [1.54, 1.807) is 13.0 Å². The van der Waals surface area contributed by atoms with Crippen molar-refractivity contribution < 1.29 is 14.4 Å². The van der Waals surface area contributed by atoms with E-state index < -0.39 is 6.04 Å². The number of nitrogens with one attached hydrogen (secondary N) is 1. The summed E-state index contributed by atoms with van der Waals surface area (Å²) in [5.41, 5.74) is 6.51. The predicted molar refractivity (Wildman–Crippen MR) is 74.7 cm³/mol. The Bertz CT molecular complexity index is 490. The number of furan rings is 1. The molecule has 0 spiro atoms. The lowest BCUT2D eigenvalue weighted by Gasteiger charge is -2.29. The molecule has 4 N–H and O–H groups in total. The fraction of sp³-hybridized carbons (Fsp3) is 0.571. The van der Waals surface area contributed by atoms with Crippen LogP contribution in [0.1, 0.15) is 48.2 Å². The van der Waals surface area contributed by atoms with Gasteiger partial charge in [0.25, 0.3) is 5.91 Å². The Balaban J connectivity index is 2.11. The van der Waals surface area contributed by atoms with Crippen molar-refractivity contribution in [3.05, 3.63) is 23.7 Å². The summed E-state index contributed by atoms with van der Waals surface area (Å²) < 4.78 is 5.17. The number of oxime groups is 1. The summed E-state index contributed by atoms with van der Waals surface area (Å²) in [5, 5.41) is 14.8. The van der Waals surface area contributed by atoms with Gasteiger partial charge < -0.3 is 20.7 Å². The Morgan fingerprint density at radius 3 is 2.75 bits per heavy atom. The molecule has 0 aromatic carbocycles. The second kappa shape index (κ2) is 6.45. The van der Waals surface area contributed by atoms with Crippen molar-refractivity contribution in [2.24, 2.45) is 16.8 Å². The van der Waals surface area contributed by atoms with Crippen LogP contribution in [0.2, 0.25) is 0 Å². The largest absolute Gasteiger partial charge is 0.459 e. The molecule has 20 heavy (non-hydrogen) atoms. The van der Waals surface area contributed by atoms with Crippen molar-refractivity contribution in [3.8, 4) is 0 Å². The van der Waals surface area contributed by atoms with E-state index in [9.17, 15) is 4.79 Å². The summed E-state index contributed by atoms with van der Waals surface area (Å²) in [6.45, 7) is 1.80. The average molecular weight is 279 g/mol. The summed E-state index contributed by atoms with van der Waals surface area (Å²) in [6.07, 6.45) is 6.83. The van der Waals surface area contributed by atoms with Crippen molar-refractivity contribution in [1.29, 1.82) is 0 Å². The molecule has 1 aliphatic rings. The maximum Gasteiger partial charge on any atom is 0.287 e. The average Bonchev–Trinajstić information content (AvgIpc) is 2.91. The monoisotopic (exact) mass is 279 g/mol. The van der Waals surface area contributed by atoms with Crippen LogP contribution >= 0.6 is 0 Å². The van der Waals surface area contributed by atoms with Gasteiger partial charge in [0.05, 0.1) is 12.3 Å². The molecule has 1 atom stereocenters. The molecule has 1 aromatic heterocycles. The van der Waals surface area contributed by atoms with Gasteiger partial charge in [0, 0.05) is 5.56 Å². The maximum absolute atomic E-state index is 12.2. The van der Waals surface area contributed by atoms with Crippen LogP contribution in [0.3, 0.4) is 0 Å². The minimum atomic E-state index is -0.447. The van der Waals surface area contributed by atoms with E-state index in [2.05, 4.69) is 10.5 Å². The van der Waals surface area contributed by atoms with Crippen LogP contribution in [0.4, 0.5) is 0 Å². The van der Waals surface area contributed by atoms with Gasteiger partial charge in [0.15, 0.2) is 11.6 Å². The normalized spacial score (nSPS) is 18.8. The number of hydrogen-bond donors (Lipinski definition) is 3. The van der Waals surface area contributed by atoms with Crippen molar-refractivity contribution in [3.63, 3.8) is 0 Å². The second-order valence-electron chi connectivity index (χ2n) is 5.31. The van der Waals surface area contributed by atoms with Crippen molar-refractivity contribution >= 4 is 11.7 Å². The summed E-state index contributed by atoms with van der Waals surface area (Å²) in [5.74, 6) is 0.208. The van der Waals surface area contributed by atoms with Gasteiger partial charge in [-0.1, -0.05) is 24.4 Å². The second-order valence-corrected chi connectivity index (χ2v) is 5.31. The van der Waals surface area contributed by atoms with Gasteiger partial charge in [-0.25, -0.2) is 0 Å². The Kier molecular flexibility index (Phi) is 4.65. The maximum atomic E-state index is 12.2. The van der Waals surface area contributed by atoms with Crippen molar-refractivity contribution in [2.45, 2.75) is 45.1 Å². The van der Waals surface area contributed by atoms with Crippen LogP contribution in [-0.4, -0.2) is 23.0 Å². The lowest BCUT2D eigenvalue weighted by Crippen LogP contribution is -2.49. The standard InChI is InChI=1S/C14H21N3O3/c1-9-7-8-20-12(9)14(18)16-11(13(15)17-19)10-5-3-2-4-6-10/h7-8,10-11,19H,2-6H2,1H3,(H2,15,17)(H,16,18). The number of rotatable bonds is 4. The molecule has 2 rings (SSSR count). The topological polar surface area (TPSA) is 101 Å². The molecule has 1 fully saturated rings. The summed E-state index contributed by atoms with van der Waals surface area (Å²) in [6, 6.07) is 1.28. The number of aryl methyl sites for hydroxylation is 1. The molecule has 6 heteroatoms. The fourth-order valence-corrected chi connectivity index (χ4v) is 2.78. The van der Waals surface area contributed by atoms with Gasteiger partial charge in [-0.3, -0.25) is 4.79 Å². The van der Waals surface area contributed by atoms with Crippen LogP contribution in [0, 0.1) is 12.8 Å². The first kappa shape index (κ1) is 14.4. The molecule has 1 aromatic rings. The van der Waals surface area contributed by atoms with E-state index in [-0.39, 0.29) is 23.4 Å². The van der Waals surface area contributed by atoms with Crippen LogP contribution in [0.25, 0.3) is 0 Å². The van der Waals surface area contributed by atoms with Crippen molar-refractivity contribution in [2.75, 3.05) is 0 Å². The predicted octanol–water partition coefficient (Wildman–Crippen LogP) is 2.01. The fourth-order valence-electron chi connectivity index (χ4n) is 2.78. The number of amides is 1. The number of nitrogens with zero attached hydrogens (tertiary/aromatic N) is 1. The molecule has 6 nitrogen and oxygen atoms in total. The molecular weight excluding hydrogens is 258 g/mol. The minimum Gasteiger partial charge on any atom is -0.459 e. The highest BCUT2D eigenvalue weighted by atomic mass is 16.4. The first-order valence-corrected chi connectivity index (χ1v) is 6.96. The molecule has 0 saturated heterocycles. The zero-order valence-corrected chi connectivity index (χ0v) is 11.6. The Labute approximate surface area is 118 Å². The summed E-state index contributed by atoms with van der Waals surface area (Å²) in [4.78, 5) is 12.2. The Hall–Kier alpha value is -1.98. The van der Waals surface area contributed by atoms with E-state index in [4.69, 9.17) is 15.4 Å². The van der Waals surface area contributed by atoms with Crippen LogP contribution in [-0.2, 0) is 0 Å². The molecular formula is C14H21N3O3. The van der Waals surface area contributed by atoms with Crippen LogP contribution < -0.4 is 11.1 Å². The van der Waals surface area contributed by atoms with Gasteiger partial charge in [-0.15, -0.1) is 0 Å². The summed E-state index contributed by atoms with van der Waals surface area (Å²) >= 11 is 0. The number of carbonyl (C=O) groups is 1. The molecule has 0 bridgehead atoms. The number of carbonyl (C=O) groups excluding carboxylic acids is 1. The molecule has 0 radical (unpaired) electrons. The van der Waals surface area contributed by atoms with Crippen LogP contribution in [0.5, 0.6) is 0 Å². The van der Waals surface area contributed by atoms with E-state index in [1.807, 2.05) is 0 Å². The zero-order valence-electron chi connectivity index (χ0n) is 11.6. The summed E-state index contributed by atoms with van der Waals surface area (Å²) in [7, 11) is 0. The molecule has 1 amide bonds. The minimum absolute atomic E-state index is 0.0504. The Morgan fingerprint density at radius 2 is 2.20 bits per heavy atom. The molecule has 1 heterocycles. The molecule has 1 unspecified atom stereocenters. The van der Waals surface area contributed by atoms with Gasteiger partial charge in [0.2, 0.25) is 0 Å². The van der Waals surface area contributed by atoms with Gasteiger partial charge in [-0.2, -0.15) is 0 Å². The van der Waals surface area contributed by atoms with Gasteiger partial charge in [0.1, 0.15) is 0 Å². The smallest absolute Gasteiger partial charge is 0.287 e. The SMILES string of the molecule is Cc1ccoc1C(=O)NC(/C(N)=N/O)C1CCCCC1. The molecule has 1 aliphatic carbocycles. The molecule has 0 aliphatic heterocycles. The lowest BCUT2D eigenvalue weighted by molar-refractivity contribution is 0.0901. The highest BCUT2D eigenvalue weighted by Gasteiger charge is 2.29. The number of hydrogen-bond acceptors (Lipinski definition) is 4. The number of amidine groups is 1. The first-order valence-electron chi connectivity index (χ1n) is 6.96. The molecule has 110 valence electrons. The Morgan fingerprint density at radius 1 is 1.50 bits per heavy atom. The zero-order chi connectivity index (χ0) is 14.5. The molecule has 1 saturated carbocycles. The third kappa shape index (κ3) is 3.12. The quantitative estimate of drug-likeness (QED) is 0.339. The van der Waals surface area contributed by atoms with Crippen LogP contribution in [0.15, 0.2) is 21.9 Å². The lowest BCUT2D eigenvalue weighted by atomic mass is 9.83. The van der Waals surface area contributed by atoms with Gasteiger partial charge in [-0.05, 0) is 31.7 Å². The van der Waals surface area contributed by atoms with E-state index >= 15 is 0 Å². The number of nitrogens with two attached hydrogens (primary N) is 1. The van der Waals surface area contributed by atoms with E-state index in [0.717, 1.165) is 31.2 Å². The van der Waals surface area contributed by atoms with Crippen molar-refractivity contribution in [1.82, 2.24) is 5.32 Å². The van der Waals surface area contributed by atoms with Gasteiger partial charge >= 0.3 is 0 Å². The highest BCUT2D eigenvalue weighted by Crippen LogP contribution is 2.27. The highest BCUT2D eigenvalue weighted by molar-refractivity contribution is 5.97. The third-order valence-electron chi connectivity index (χ3n) is 3.91. The van der Waals surface area contributed by atoms with E-state index in [0.29, 0.717) is 0 Å². The first-order chi connectivity index (χ1) is 9.63. The van der Waals surface area contributed by atoms with E-state index in [1.165, 1.54) is 12.7 Å².